The highest BCUT2D eigenvalue weighted by molar-refractivity contribution is 7.84. The Morgan fingerprint density at radius 2 is 1.83 bits per heavy atom. The van der Waals surface area contributed by atoms with Crippen molar-refractivity contribution in [3.63, 3.8) is 0 Å². The van der Waals surface area contributed by atoms with Crippen molar-refractivity contribution in [3.8, 4) is 11.3 Å². The number of carbonyl (C=O) groups is 1. The number of carbonyl (C=O) groups excluding carboxylic acids is 1. The van der Waals surface area contributed by atoms with Crippen LogP contribution in [0.1, 0.15) is 21.7 Å². The summed E-state index contributed by atoms with van der Waals surface area (Å²) in [4.78, 5) is 35.1. The van der Waals surface area contributed by atoms with Crippen molar-refractivity contribution in [2.75, 3.05) is 11.9 Å². The van der Waals surface area contributed by atoms with E-state index in [1.807, 2.05) is 62.6 Å². The van der Waals surface area contributed by atoms with Crippen molar-refractivity contribution in [2.24, 2.45) is 0 Å². The number of rotatable bonds is 7. The van der Waals surface area contributed by atoms with Gasteiger partial charge in [-0.2, -0.15) is 12.6 Å². The van der Waals surface area contributed by atoms with Gasteiger partial charge in [0.25, 0.3) is 5.91 Å². The number of aryl methyl sites for hydroxylation is 1. The van der Waals surface area contributed by atoms with Crippen LogP contribution in [0.25, 0.3) is 22.2 Å². The average Bonchev–Trinajstić information content (AvgIpc) is 2.77. The molecule has 0 bridgehead atoms. The van der Waals surface area contributed by atoms with Gasteiger partial charge in [-0.05, 0) is 25.0 Å². The van der Waals surface area contributed by atoms with E-state index in [-0.39, 0.29) is 5.91 Å². The Hall–Kier alpha value is -3.33. The summed E-state index contributed by atoms with van der Waals surface area (Å²) in [5.74, 6) is 1.29. The molecule has 0 fully saturated rings. The molecule has 0 unspecified atom stereocenters. The monoisotopic (exact) mass is 479 g/mol. The van der Waals surface area contributed by atoms with Crippen molar-refractivity contribution in [1.82, 2.24) is 30.2 Å². The summed E-state index contributed by atoms with van der Waals surface area (Å²) >= 11 is 4.41. The number of nitrogens with one attached hydrogen (secondary N) is 2. The Bertz CT molecular complexity index is 1390. The number of anilines is 1. The molecule has 0 saturated heterocycles. The number of benzene rings is 1. The summed E-state index contributed by atoms with van der Waals surface area (Å²) in [7, 11) is 7.60. The Morgan fingerprint density at radius 1 is 1.09 bits per heavy atom. The predicted molar refractivity (Wildman–Crippen MR) is 154 cm³/mol. The number of nitrogens with zero attached hydrogens (tertiary/aromatic N) is 5. The number of hydrogen-bond acceptors (Lipinski definition) is 8. The maximum Gasteiger partial charge on any atom is 0.251 e. The van der Waals surface area contributed by atoms with Crippen LogP contribution in [0.2, 0.25) is 0 Å². The van der Waals surface area contributed by atoms with Crippen LogP contribution in [0.5, 0.6) is 0 Å². The van der Waals surface area contributed by atoms with Gasteiger partial charge in [0.1, 0.15) is 33.7 Å². The predicted octanol–water partition coefficient (Wildman–Crippen LogP) is -2.50. The lowest BCUT2D eigenvalue weighted by Crippen LogP contribution is -2.44. The second kappa shape index (κ2) is 10.1. The van der Waals surface area contributed by atoms with E-state index in [1.165, 1.54) is 0 Å². The summed E-state index contributed by atoms with van der Waals surface area (Å²) in [6.07, 6.45) is 3.92. The van der Waals surface area contributed by atoms with Crippen molar-refractivity contribution < 1.29 is 4.79 Å². The highest BCUT2D eigenvalue weighted by atomic mass is 32.1. The molecule has 4 rings (SSSR count). The fourth-order valence-corrected chi connectivity index (χ4v) is 4.25. The number of amides is 1. The fourth-order valence-electron chi connectivity index (χ4n) is 4.15. The Labute approximate surface area is 213 Å². The number of thiol groups is 1. The molecular formula is C22H25B4N7OS. The normalized spacial score (nSPS) is 11.4. The minimum Gasteiger partial charge on any atom is -0.370 e. The molecule has 1 aromatic carbocycles. The molecule has 4 aromatic rings. The Balaban J connectivity index is 1.52. The second-order valence-corrected chi connectivity index (χ2v) is 10.1. The molecule has 0 aliphatic rings. The van der Waals surface area contributed by atoms with Crippen molar-refractivity contribution in [3.05, 3.63) is 59.8 Å². The Kier molecular flexibility index (Phi) is 7.16. The van der Waals surface area contributed by atoms with Crippen LogP contribution < -0.4 is 21.8 Å². The highest BCUT2D eigenvalue weighted by Crippen LogP contribution is 2.22. The van der Waals surface area contributed by atoms with Crippen LogP contribution in [-0.2, 0) is 6.42 Å². The molecule has 0 radical (unpaired) electrons. The summed E-state index contributed by atoms with van der Waals surface area (Å²) in [5, 5.41) is 7.10. The van der Waals surface area contributed by atoms with Crippen LogP contribution in [0.3, 0.4) is 0 Å². The number of fused-ring (bicyclic) bond motifs is 1. The van der Waals surface area contributed by atoms with Gasteiger partial charge in [-0.1, -0.05) is 18.2 Å². The minimum absolute atomic E-state index is 0.174. The van der Waals surface area contributed by atoms with Gasteiger partial charge < -0.3 is 10.6 Å². The molecule has 13 heteroatoms. The number of para-hydroxylation sites is 1. The molecule has 8 nitrogen and oxygen atoms in total. The first kappa shape index (κ1) is 24.8. The van der Waals surface area contributed by atoms with Crippen LogP contribution >= 0.6 is 12.6 Å². The van der Waals surface area contributed by atoms with E-state index in [0.717, 1.165) is 50.6 Å². The zero-order valence-corrected chi connectivity index (χ0v) is 21.4. The largest absolute Gasteiger partial charge is 0.370 e. The van der Waals surface area contributed by atoms with Crippen LogP contribution in [0.4, 0.5) is 5.82 Å². The topological polar surface area (TPSA) is 106 Å². The highest BCUT2D eigenvalue weighted by Gasteiger charge is 2.19. The van der Waals surface area contributed by atoms with Gasteiger partial charge in [0.15, 0.2) is 15.7 Å². The molecule has 0 aliphatic heterocycles. The number of hydrogen-bond donors (Lipinski definition) is 3. The van der Waals surface area contributed by atoms with Gasteiger partial charge in [0, 0.05) is 45.6 Å². The maximum absolute atomic E-state index is 12.8. The molecule has 2 N–H and O–H groups in total. The van der Waals surface area contributed by atoms with Gasteiger partial charge in [-0.25, -0.2) is 19.9 Å². The standard InChI is InChI=1S/C22H25B4N7OS/c1-11-31-19(23)17(20(24)32-11)15-9-16(30-10-29-15)27-7-5-12-3-2-4-13-14(6-8-28-18(12)13)21(34)33-22(25,26)35/h2-4,6,8-10,35H,5,7,23-26H2,1H3,(H,33,34)(H,27,29,30). The van der Waals surface area contributed by atoms with E-state index in [0.29, 0.717) is 18.5 Å². The van der Waals surface area contributed by atoms with Gasteiger partial charge in [-0.3, -0.25) is 9.78 Å². The summed E-state index contributed by atoms with van der Waals surface area (Å²) in [6.45, 7) is 2.52. The minimum atomic E-state index is -0.619. The lowest BCUT2D eigenvalue weighted by molar-refractivity contribution is 0.0955. The van der Waals surface area contributed by atoms with Crippen molar-refractivity contribution >= 4 is 77.8 Å². The lowest BCUT2D eigenvalue weighted by atomic mass is 9.77. The molecule has 3 heterocycles. The average molecular weight is 479 g/mol. The second-order valence-electron chi connectivity index (χ2n) is 8.97. The first-order valence-electron chi connectivity index (χ1n) is 11.4. The molecular weight excluding hydrogens is 454 g/mol. The first-order chi connectivity index (χ1) is 16.6. The third-order valence-corrected chi connectivity index (χ3v) is 5.64. The van der Waals surface area contributed by atoms with Gasteiger partial charge >= 0.3 is 0 Å². The van der Waals surface area contributed by atoms with Crippen LogP contribution in [0, 0.1) is 6.92 Å². The van der Waals surface area contributed by atoms with Crippen molar-refractivity contribution in [1.29, 1.82) is 0 Å². The van der Waals surface area contributed by atoms with E-state index >= 15 is 0 Å². The third kappa shape index (κ3) is 5.85. The number of aromatic nitrogens is 5. The first-order valence-corrected chi connectivity index (χ1v) is 11.9. The van der Waals surface area contributed by atoms with E-state index in [1.54, 1.807) is 18.6 Å². The maximum atomic E-state index is 12.8. The smallest absolute Gasteiger partial charge is 0.251 e. The van der Waals surface area contributed by atoms with Gasteiger partial charge in [0.2, 0.25) is 0 Å². The molecule has 0 saturated carbocycles. The van der Waals surface area contributed by atoms with E-state index in [9.17, 15) is 4.79 Å². The summed E-state index contributed by atoms with van der Waals surface area (Å²) < 4.78 is -0.619. The van der Waals surface area contributed by atoms with Gasteiger partial charge in [-0.15, -0.1) is 0 Å². The summed E-state index contributed by atoms with van der Waals surface area (Å²) in [6, 6.07) is 9.55. The zero-order chi connectivity index (χ0) is 25.2. The van der Waals surface area contributed by atoms with Crippen molar-refractivity contribution in [2.45, 2.75) is 18.0 Å². The zero-order valence-electron chi connectivity index (χ0n) is 20.5. The van der Waals surface area contributed by atoms with Crippen LogP contribution in [-0.4, -0.2) is 73.4 Å². The van der Waals surface area contributed by atoms with Crippen LogP contribution in [0.15, 0.2) is 42.9 Å². The van der Waals surface area contributed by atoms with E-state index in [4.69, 9.17) is 0 Å². The molecule has 0 aliphatic carbocycles. The third-order valence-electron chi connectivity index (χ3n) is 5.52. The van der Waals surface area contributed by atoms with Gasteiger partial charge in [0.05, 0.1) is 16.8 Å². The molecule has 3 aromatic heterocycles. The fraction of sp³-hybridized carbons (Fsp3) is 0.182. The molecule has 172 valence electrons. The molecule has 1 amide bonds. The van der Waals surface area contributed by atoms with E-state index < -0.39 is 4.67 Å². The molecule has 35 heavy (non-hydrogen) atoms. The SMILES string of the molecule is Bc1nc(C)nc(B)c1-c1cc(NCCc2cccc3c(C(=O)NC(B)(B)S)ccnc23)ncn1. The molecule has 0 atom stereocenters. The summed E-state index contributed by atoms with van der Waals surface area (Å²) in [5.41, 5.74) is 5.93. The van der Waals surface area contributed by atoms with E-state index in [2.05, 4.69) is 48.2 Å². The quantitative estimate of drug-likeness (QED) is 0.153. The molecule has 0 spiro atoms. The Morgan fingerprint density at radius 3 is 2.54 bits per heavy atom. The number of pyridine rings is 1. The lowest BCUT2D eigenvalue weighted by Gasteiger charge is -2.20.